The molecule has 0 amide bonds. The van der Waals surface area contributed by atoms with Crippen molar-refractivity contribution in [2.24, 2.45) is 10.7 Å². The molecule has 0 aromatic heterocycles. The minimum absolute atomic E-state index is 0.133. The highest BCUT2D eigenvalue weighted by Gasteiger charge is 2.45. The average molecular weight is 492 g/mol. The second kappa shape index (κ2) is 8.16. The summed E-state index contributed by atoms with van der Waals surface area (Å²) >= 11 is 3.53. The lowest BCUT2D eigenvalue weighted by molar-refractivity contribution is -0.201. The SMILES string of the molecule is CC1(OCC(F)(F)F)CN(C(N)=NCc2ccccc2)c2ccc3c(Br)cccc3c21. The number of rotatable bonds is 4. The second-order valence-corrected chi connectivity index (χ2v) is 8.53. The zero-order valence-corrected chi connectivity index (χ0v) is 18.4. The van der Waals surface area contributed by atoms with Gasteiger partial charge in [-0.25, -0.2) is 4.99 Å². The number of fused-ring (bicyclic) bond motifs is 3. The number of hydrogen-bond donors (Lipinski definition) is 1. The van der Waals surface area contributed by atoms with Crippen LogP contribution in [-0.2, 0) is 16.9 Å². The first-order chi connectivity index (χ1) is 14.7. The van der Waals surface area contributed by atoms with Crippen LogP contribution in [0.25, 0.3) is 10.8 Å². The number of alkyl halides is 3. The second-order valence-electron chi connectivity index (χ2n) is 7.68. The Labute approximate surface area is 186 Å². The molecule has 2 N–H and O–H groups in total. The molecule has 0 aliphatic carbocycles. The Balaban J connectivity index is 1.77. The van der Waals surface area contributed by atoms with Gasteiger partial charge in [0.2, 0.25) is 0 Å². The molecule has 0 spiro atoms. The maximum Gasteiger partial charge on any atom is 0.411 e. The van der Waals surface area contributed by atoms with Gasteiger partial charge in [-0.3, -0.25) is 0 Å². The fourth-order valence-electron chi connectivity index (χ4n) is 3.96. The van der Waals surface area contributed by atoms with Crippen LogP contribution < -0.4 is 10.6 Å². The number of anilines is 1. The number of nitrogens with two attached hydrogens (primary N) is 1. The normalized spacial score (nSPS) is 19.1. The van der Waals surface area contributed by atoms with Gasteiger partial charge in [-0.05, 0) is 35.4 Å². The van der Waals surface area contributed by atoms with E-state index < -0.39 is 18.4 Å². The van der Waals surface area contributed by atoms with E-state index in [1.165, 1.54) is 0 Å². The van der Waals surface area contributed by atoms with E-state index in [0.717, 1.165) is 20.8 Å². The molecule has 4 nitrogen and oxygen atoms in total. The first-order valence-corrected chi connectivity index (χ1v) is 10.5. The smallest absolute Gasteiger partial charge is 0.370 e. The predicted molar refractivity (Wildman–Crippen MR) is 120 cm³/mol. The first-order valence-electron chi connectivity index (χ1n) is 9.72. The Morgan fingerprint density at radius 1 is 1.10 bits per heavy atom. The highest BCUT2D eigenvalue weighted by atomic mass is 79.9. The fraction of sp³-hybridized carbons (Fsp3) is 0.261. The van der Waals surface area contributed by atoms with Crippen molar-refractivity contribution >= 4 is 38.3 Å². The third-order valence-corrected chi connectivity index (χ3v) is 6.05. The third kappa shape index (κ3) is 4.41. The van der Waals surface area contributed by atoms with Gasteiger partial charge in [-0.1, -0.05) is 64.5 Å². The van der Waals surface area contributed by atoms with Crippen molar-refractivity contribution in [1.29, 1.82) is 0 Å². The Morgan fingerprint density at radius 3 is 2.55 bits per heavy atom. The maximum absolute atomic E-state index is 13.0. The van der Waals surface area contributed by atoms with Crippen molar-refractivity contribution < 1.29 is 17.9 Å². The van der Waals surface area contributed by atoms with Crippen LogP contribution in [0.1, 0.15) is 18.1 Å². The van der Waals surface area contributed by atoms with Crippen LogP contribution in [-0.4, -0.2) is 25.3 Å². The third-order valence-electron chi connectivity index (χ3n) is 5.36. The van der Waals surface area contributed by atoms with E-state index >= 15 is 0 Å². The average Bonchev–Trinajstić information content (AvgIpc) is 3.05. The fourth-order valence-corrected chi connectivity index (χ4v) is 4.46. The van der Waals surface area contributed by atoms with Gasteiger partial charge in [0.25, 0.3) is 0 Å². The minimum Gasteiger partial charge on any atom is -0.370 e. The lowest BCUT2D eigenvalue weighted by atomic mass is 9.92. The van der Waals surface area contributed by atoms with Crippen LogP contribution in [0, 0.1) is 0 Å². The summed E-state index contributed by atoms with van der Waals surface area (Å²) in [6.45, 7) is 0.830. The summed E-state index contributed by atoms with van der Waals surface area (Å²) in [5.41, 5.74) is 7.46. The van der Waals surface area contributed by atoms with E-state index in [-0.39, 0.29) is 12.5 Å². The largest absolute Gasteiger partial charge is 0.411 e. The maximum atomic E-state index is 13.0. The van der Waals surface area contributed by atoms with Crippen molar-refractivity contribution in [3.05, 3.63) is 76.3 Å². The van der Waals surface area contributed by atoms with Crippen molar-refractivity contribution in [2.75, 3.05) is 18.1 Å². The molecule has 0 radical (unpaired) electrons. The molecular formula is C23H21BrF3N3O. The topological polar surface area (TPSA) is 50.9 Å². The van der Waals surface area contributed by atoms with E-state index in [1.54, 1.807) is 11.8 Å². The standard InChI is InChI=1S/C23H21BrF3N3O/c1-22(31-14-23(25,26)27)13-30(21(28)29-12-15-6-3-2-4-7-15)19-11-10-16-17(20(19)22)8-5-9-18(16)24/h2-11H,12-14H2,1H3,(H2,28,29). The van der Waals surface area contributed by atoms with E-state index in [4.69, 9.17) is 10.5 Å². The van der Waals surface area contributed by atoms with Crippen molar-refractivity contribution in [3.63, 3.8) is 0 Å². The Hall–Kier alpha value is -2.58. The molecule has 1 heterocycles. The van der Waals surface area contributed by atoms with Crippen molar-refractivity contribution in [2.45, 2.75) is 25.2 Å². The van der Waals surface area contributed by atoms with Gasteiger partial charge in [0.05, 0.1) is 18.8 Å². The monoisotopic (exact) mass is 491 g/mol. The highest BCUT2D eigenvalue weighted by Crippen LogP contribution is 2.47. The highest BCUT2D eigenvalue weighted by molar-refractivity contribution is 9.10. The van der Waals surface area contributed by atoms with Gasteiger partial charge in [-0.15, -0.1) is 0 Å². The number of benzene rings is 3. The Morgan fingerprint density at radius 2 is 1.84 bits per heavy atom. The molecule has 162 valence electrons. The lowest BCUT2D eigenvalue weighted by Gasteiger charge is -2.28. The molecule has 31 heavy (non-hydrogen) atoms. The molecule has 1 unspecified atom stereocenters. The molecule has 3 aromatic rings. The molecular weight excluding hydrogens is 471 g/mol. The number of halogens is 4. The van der Waals surface area contributed by atoms with Crippen molar-refractivity contribution in [1.82, 2.24) is 0 Å². The molecule has 1 atom stereocenters. The van der Waals surface area contributed by atoms with E-state index in [0.29, 0.717) is 17.8 Å². The quantitative estimate of drug-likeness (QED) is 0.374. The number of ether oxygens (including phenoxy) is 1. The minimum atomic E-state index is -4.44. The number of hydrogen-bond acceptors (Lipinski definition) is 2. The van der Waals surface area contributed by atoms with E-state index in [9.17, 15) is 13.2 Å². The van der Waals surface area contributed by atoms with Crippen LogP contribution in [0.15, 0.2) is 70.1 Å². The summed E-state index contributed by atoms with van der Waals surface area (Å²) < 4.78 is 45.3. The van der Waals surface area contributed by atoms with Gasteiger partial charge in [0.15, 0.2) is 5.96 Å². The van der Waals surface area contributed by atoms with Crippen LogP contribution in [0.4, 0.5) is 18.9 Å². The molecule has 1 aliphatic heterocycles. The summed E-state index contributed by atoms with van der Waals surface area (Å²) in [5, 5.41) is 1.71. The van der Waals surface area contributed by atoms with Gasteiger partial charge in [-0.2, -0.15) is 13.2 Å². The van der Waals surface area contributed by atoms with Gasteiger partial charge < -0.3 is 15.4 Å². The van der Waals surface area contributed by atoms with Crippen LogP contribution in [0.5, 0.6) is 0 Å². The lowest BCUT2D eigenvalue weighted by Crippen LogP contribution is -2.42. The zero-order chi connectivity index (χ0) is 22.2. The number of aliphatic imine (C=N–C) groups is 1. The molecule has 0 bridgehead atoms. The molecule has 8 heteroatoms. The molecule has 4 rings (SSSR count). The predicted octanol–water partition coefficient (Wildman–Crippen LogP) is 5.73. The van der Waals surface area contributed by atoms with Crippen LogP contribution >= 0.6 is 15.9 Å². The Kier molecular flexibility index (Phi) is 5.70. The first kappa shape index (κ1) is 21.6. The summed E-state index contributed by atoms with van der Waals surface area (Å²) in [6, 6.07) is 19.0. The zero-order valence-electron chi connectivity index (χ0n) is 16.8. The van der Waals surface area contributed by atoms with Crippen LogP contribution in [0.3, 0.4) is 0 Å². The number of nitrogens with zero attached hydrogens (tertiary/aromatic N) is 2. The molecule has 3 aromatic carbocycles. The number of guanidine groups is 1. The van der Waals surface area contributed by atoms with E-state index in [2.05, 4.69) is 20.9 Å². The summed E-state index contributed by atoms with van der Waals surface area (Å²) in [6.07, 6.45) is -4.44. The summed E-state index contributed by atoms with van der Waals surface area (Å²) in [7, 11) is 0. The molecule has 0 fully saturated rings. The molecule has 0 saturated heterocycles. The van der Waals surface area contributed by atoms with Gasteiger partial charge >= 0.3 is 6.18 Å². The van der Waals surface area contributed by atoms with E-state index in [1.807, 2.05) is 60.7 Å². The molecule has 1 aliphatic rings. The van der Waals surface area contributed by atoms with Gasteiger partial charge in [0.1, 0.15) is 12.2 Å². The summed E-state index contributed by atoms with van der Waals surface area (Å²) in [4.78, 5) is 6.21. The van der Waals surface area contributed by atoms with Crippen molar-refractivity contribution in [3.8, 4) is 0 Å². The summed E-state index contributed by atoms with van der Waals surface area (Å²) in [5.74, 6) is 0.235. The Bertz CT molecular complexity index is 1130. The molecule has 0 saturated carbocycles. The van der Waals surface area contributed by atoms with Crippen LogP contribution in [0.2, 0.25) is 0 Å². The van der Waals surface area contributed by atoms with Gasteiger partial charge in [0, 0.05) is 10.0 Å².